The van der Waals surface area contributed by atoms with Crippen LogP contribution in [0.25, 0.3) is 0 Å². The summed E-state index contributed by atoms with van der Waals surface area (Å²) < 4.78 is 0. The summed E-state index contributed by atoms with van der Waals surface area (Å²) in [5, 5.41) is 14.7. The van der Waals surface area contributed by atoms with Crippen molar-refractivity contribution < 1.29 is 14.7 Å². The molecule has 0 aromatic carbocycles. The minimum absolute atomic E-state index is 0.274. The van der Waals surface area contributed by atoms with E-state index >= 15 is 0 Å². The van der Waals surface area contributed by atoms with Gasteiger partial charge in [0.05, 0.1) is 23.7 Å². The number of carboxylic acid groups (broad SMARTS) is 1. The zero-order chi connectivity index (χ0) is 14.5. The van der Waals surface area contributed by atoms with Crippen molar-refractivity contribution in [1.29, 1.82) is 0 Å². The molecular weight excluding hydrogens is 278 g/mol. The van der Waals surface area contributed by atoms with Crippen molar-refractivity contribution in [3.8, 4) is 0 Å². The lowest BCUT2D eigenvalue weighted by atomic mass is 9.84. The monoisotopic (exact) mass is 297 g/mol. The molecule has 6 nitrogen and oxygen atoms in total. The number of aryl methyl sites for hydroxylation is 1. The van der Waals surface area contributed by atoms with E-state index in [9.17, 15) is 9.59 Å². The predicted molar refractivity (Wildman–Crippen MR) is 75.6 cm³/mol. The van der Waals surface area contributed by atoms with Crippen LogP contribution in [0.15, 0.2) is 5.51 Å². The van der Waals surface area contributed by atoms with Gasteiger partial charge in [-0.2, -0.15) is 0 Å². The summed E-state index contributed by atoms with van der Waals surface area (Å²) in [5.41, 5.74) is 2.66. The third-order valence-electron chi connectivity index (χ3n) is 3.65. The molecule has 2 amide bonds. The van der Waals surface area contributed by atoms with Crippen LogP contribution in [-0.2, 0) is 11.3 Å². The summed E-state index contributed by atoms with van der Waals surface area (Å²) in [4.78, 5) is 28.1. The molecule has 1 aliphatic carbocycles. The molecule has 0 saturated heterocycles. The summed E-state index contributed by atoms with van der Waals surface area (Å²) in [6.07, 6.45) is 3.23. The van der Waals surface area contributed by atoms with Crippen molar-refractivity contribution in [2.45, 2.75) is 45.2 Å². The number of nitrogens with zero attached hydrogens (tertiary/aromatic N) is 1. The highest BCUT2D eigenvalue weighted by Gasteiger charge is 2.31. The molecular formula is C13H19N3O3S. The van der Waals surface area contributed by atoms with Gasteiger partial charge >= 0.3 is 12.0 Å². The second-order valence-electron chi connectivity index (χ2n) is 5.02. The van der Waals surface area contributed by atoms with Crippen molar-refractivity contribution in [1.82, 2.24) is 15.6 Å². The molecule has 20 heavy (non-hydrogen) atoms. The fraction of sp³-hybridized carbons (Fsp3) is 0.615. The average Bonchev–Trinajstić information content (AvgIpc) is 2.82. The first kappa shape index (κ1) is 14.8. The third-order valence-corrected chi connectivity index (χ3v) is 4.59. The van der Waals surface area contributed by atoms with Gasteiger partial charge in [0, 0.05) is 10.9 Å². The number of carbonyl (C=O) groups is 2. The number of thiazole rings is 1. The summed E-state index contributed by atoms with van der Waals surface area (Å²) in [6.45, 7) is 2.32. The van der Waals surface area contributed by atoms with Gasteiger partial charge in [-0.1, -0.05) is 12.8 Å². The number of hydrogen-bond acceptors (Lipinski definition) is 4. The molecule has 2 unspecified atom stereocenters. The molecule has 0 aliphatic heterocycles. The standard InChI is InChI=1S/C13H19N3O3S/c1-8-11(20-7-15-8)6-14-13(19)16-10-5-3-2-4-9(10)12(17)18/h7,9-10H,2-6H2,1H3,(H,17,18)(H2,14,16,19). The molecule has 2 atom stereocenters. The zero-order valence-corrected chi connectivity index (χ0v) is 12.2. The Kier molecular flexibility index (Phi) is 4.94. The quantitative estimate of drug-likeness (QED) is 0.791. The van der Waals surface area contributed by atoms with Crippen LogP contribution in [0.5, 0.6) is 0 Å². The number of urea groups is 1. The molecule has 1 aromatic heterocycles. The highest BCUT2D eigenvalue weighted by molar-refractivity contribution is 7.09. The molecule has 1 saturated carbocycles. The molecule has 110 valence electrons. The fourth-order valence-electron chi connectivity index (χ4n) is 2.48. The molecule has 0 spiro atoms. The number of amides is 2. The largest absolute Gasteiger partial charge is 0.481 e. The zero-order valence-electron chi connectivity index (χ0n) is 11.4. The van der Waals surface area contributed by atoms with Gasteiger partial charge in [-0.25, -0.2) is 9.78 Å². The number of carbonyl (C=O) groups excluding carboxylic acids is 1. The SMILES string of the molecule is Cc1ncsc1CNC(=O)NC1CCCCC1C(=O)O. The maximum absolute atomic E-state index is 11.9. The second kappa shape index (κ2) is 6.69. The van der Waals surface area contributed by atoms with E-state index in [-0.39, 0.29) is 12.1 Å². The number of aliphatic carboxylic acids is 1. The Morgan fingerprint density at radius 2 is 2.20 bits per heavy atom. The summed E-state index contributed by atoms with van der Waals surface area (Å²) >= 11 is 1.50. The van der Waals surface area contributed by atoms with Gasteiger partial charge in [-0.3, -0.25) is 4.79 Å². The molecule has 1 heterocycles. The second-order valence-corrected chi connectivity index (χ2v) is 5.96. The van der Waals surface area contributed by atoms with Gasteiger partial charge in [0.1, 0.15) is 0 Å². The minimum atomic E-state index is -0.826. The van der Waals surface area contributed by atoms with Crippen LogP contribution in [-0.4, -0.2) is 28.1 Å². The van der Waals surface area contributed by atoms with Crippen LogP contribution >= 0.6 is 11.3 Å². The van der Waals surface area contributed by atoms with Gasteiger partial charge in [-0.15, -0.1) is 11.3 Å². The third kappa shape index (κ3) is 3.69. The van der Waals surface area contributed by atoms with E-state index in [2.05, 4.69) is 15.6 Å². The minimum Gasteiger partial charge on any atom is -0.481 e. The molecule has 2 rings (SSSR count). The number of carboxylic acids is 1. The van der Waals surface area contributed by atoms with Crippen LogP contribution in [0.4, 0.5) is 4.79 Å². The highest BCUT2D eigenvalue weighted by atomic mass is 32.1. The topological polar surface area (TPSA) is 91.3 Å². The lowest BCUT2D eigenvalue weighted by Gasteiger charge is -2.29. The summed E-state index contributed by atoms with van der Waals surface area (Å²) in [6, 6.07) is -0.584. The lowest BCUT2D eigenvalue weighted by Crippen LogP contribution is -2.48. The van der Waals surface area contributed by atoms with Crippen LogP contribution in [0.3, 0.4) is 0 Å². The van der Waals surface area contributed by atoms with Crippen molar-refractivity contribution in [3.63, 3.8) is 0 Å². The van der Waals surface area contributed by atoms with Gasteiger partial charge in [0.25, 0.3) is 0 Å². The lowest BCUT2D eigenvalue weighted by molar-refractivity contribution is -0.143. The Morgan fingerprint density at radius 3 is 2.85 bits per heavy atom. The molecule has 0 radical (unpaired) electrons. The van der Waals surface area contributed by atoms with E-state index < -0.39 is 11.9 Å². The summed E-state index contributed by atoms with van der Waals surface area (Å²) in [7, 11) is 0. The molecule has 3 N–H and O–H groups in total. The van der Waals surface area contributed by atoms with Gasteiger partial charge in [0.15, 0.2) is 0 Å². The molecule has 0 bridgehead atoms. The smallest absolute Gasteiger partial charge is 0.315 e. The highest BCUT2D eigenvalue weighted by Crippen LogP contribution is 2.24. The van der Waals surface area contributed by atoms with E-state index in [1.807, 2.05) is 6.92 Å². The van der Waals surface area contributed by atoms with Crippen molar-refractivity contribution in [3.05, 3.63) is 16.1 Å². The first-order chi connectivity index (χ1) is 9.58. The Balaban J connectivity index is 1.84. The van der Waals surface area contributed by atoms with E-state index in [4.69, 9.17) is 5.11 Å². The van der Waals surface area contributed by atoms with Crippen LogP contribution < -0.4 is 10.6 Å². The number of nitrogens with one attached hydrogen (secondary N) is 2. The number of rotatable bonds is 4. The van der Waals surface area contributed by atoms with E-state index in [1.54, 1.807) is 5.51 Å². The Morgan fingerprint density at radius 1 is 1.45 bits per heavy atom. The number of aromatic nitrogens is 1. The first-order valence-corrected chi connectivity index (χ1v) is 7.62. The van der Waals surface area contributed by atoms with Crippen LogP contribution in [0.1, 0.15) is 36.3 Å². The fourth-order valence-corrected chi connectivity index (χ4v) is 3.19. The maximum atomic E-state index is 11.9. The maximum Gasteiger partial charge on any atom is 0.315 e. The van der Waals surface area contributed by atoms with E-state index in [0.717, 1.165) is 29.8 Å². The van der Waals surface area contributed by atoms with Crippen LogP contribution in [0, 0.1) is 12.8 Å². The van der Waals surface area contributed by atoms with Crippen molar-refractivity contribution in [2.24, 2.45) is 5.92 Å². The van der Waals surface area contributed by atoms with Gasteiger partial charge in [-0.05, 0) is 19.8 Å². The molecule has 1 aliphatic rings. The van der Waals surface area contributed by atoms with E-state index in [1.165, 1.54) is 11.3 Å². The Hall–Kier alpha value is -1.63. The van der Waals surface area contributed by atoms with Crippen molar-refractivity contribution >= 4 is 23.3 Å². The first-order valence-electron chi connectivity index (χ1n) is 6.74. The van der Waals surface area contributed by atoms with Crippen LogP contribution in [0.2, 0.25) is 0 Å². The van der Waals surface area contributed by atoms with Gasteiger partial charge in [0.2, 0.25) is 0 Å². The normalized spacial score (nSPS) is 22.2. The number of hydrogen-bond donors (Lipinski definition) is 3. The van der Waals surface area contributed by atoms with E-state index in [0.29, 0.717) is 13.0 Å². The van der Waals surface area contributed by atoms with Crippen molar-refractivity contribution in [2.75, 3.05) is 0 Å². The Bertz CT molecular complexity index is 489. The van der Waals surface area contributed by atoms with Gasteiger partial charge < -0.3 is 15.7 Å². The average molecular weight is 297 g/mol. The molecule has 1 fully saturated rings. The predicted octanol–water partition coefficient (Wildman–Crippen LogP) is 1.89. The molecule has 7 heteroatoms. The Labute approximate surface area is 121 Å². The summed E-state index contributed by atoms with van der Waals surface area (Å²) in [5.74, 6) is -1.30. The molecule has 1 aromatic rings.